The minimum absolute atomic E-state index is 0.0490. The van der Waals surface area contributed by atoms with Gasteiger partial charge in [-0.05, 0) is 30.3 Å². The van der Waals surface area contributed by atoms with Crippen LogP contribution < -0.4 is 4.74 Å². The molecule has 0 N–H and O–H groups in total. The lowest BCUT2D eigenvalue weighted by Gasteiger charge is -2.34. The van der Waals surface area contributed by atoms with Crippen LogP contribution in [0.4, 0.5) is 0 Å². The number of piperazine rings is 1. The molecule has 1 fully saturated rings. The fourth-order valence-electron chi connectivity index (χ4n) is 3.42. The molecule has 0 saturated carbocycles. The summed E-state index contributed by atoms with van der Waals surface area (Å²) in [6.07, 6.45) is 0.698. The Balaban J connectivity index is 1.27. The van der Waals surface area contributed by atoms with Gasteiger partial charge in [-0.1, -0.05) is 24.3 Å². The molecule has 3 aromatic rings. The van der Waals surface area contributed by atoms with Gasteiger partial charge in [-0.25, -0.2) is 0 Å². The first kappa shape index (κ1) is 19.1. The molecule has 29 heavy (non-hydrogen) atoms. The van der Waals surface area contributed by atoms with Crippen LogP contribution in [0.3, 0.4) is 0 Å². The maximum atomic E-state index is 12.7. The minimum Gasteiger partial charge on any atom is -0.497 e. The lowest BCUT2D eigenvalue weighted by Crippen LogP contribution is -2.49. The molecular formula is C22H24N4O3. The Morgan fingerprint density at radius 1 is 1.03 bits per heavy atom. The molecule has 0 unspecified atom stereocenters. The largest absolute Gasteiger partial charge is 0.497 e. The molecule has 1 amide bonds. The van der Waals surface area contributed by atoms with Gasteiger partial charge < -0.3 is 14.1 Å². The number of carbonyl (C=O) groups is 1. The van der Waals surface area contributed by atoms with Gasteiger partial charge in [0.25, 0.3) is 5.91 Å². The molecule has 7 nitrogen and oxygen atoms in total. The number of rotatable bonds is 6. The Morgan fingerprint density at radius 3 is 2.59 bits per heavy atom. The van der Waals surface area contributed by atoms with Gasteiger partial charge in [-0.2, -0.15) is 0 Å². The fourth-order valence-corrected chi connectivity index (χ4v) is 3.42. The van der Waals surface area contributed by atoms with Gasteiger partial charge in [-0.15, -0.1) is 10.2 Å². The van der Waals surface area contributed by atoms with Crippen molar-refractivity contribution < 1.29 is 13.9 Å². The van der Waals surface area contributed by atoms with Crippen LogP contribution in [0.15, 0.2) is 59.0 Å². The van der Waals surface area contributed by atoms with Crippen molar-refractivity contribution in [3.05, 3.63) is 66.1 Å². The topological polar surface area (TPSA) is 71.7 Å². The maximum absolute atomic E-state index is 12.7. The molecular weight excluding hydrogens is 368 g/mol. The van der Waals surface area contributed by atoms with Crippen LogP contribution >= 0.6 is 0 Å². The minimum atomic E-state index is 0.0490. The van der Waals surface area contributed by atoms with Gasteiger partial charge in [0.1, 0.15) is 5.75 Å². The van der Waals surface area contributed by atoms with E-state index in [2.05, 4.69) is 15.1 Å². The summed E-state index contributed by atoms with van der Waals surface area (Å²) >= 11 is 0. The predicted octanol–water partition coefficient (Wildman–Crippen LogP) is 2.75. The Hall–Kier alpha value is -3.19. The van der Waals surface area contributed by atoms with Crippen LogP contribution in [0.5, 0.6) is 5.75 Å². The molecule has 2 aromatic carbocycles. The molecule has 1 saturated heterocycles. The van der Waals surface area contributed by atoms with E-state index in [1.165, 1.54) is 0 Å². The zero-order chi connectivity index (χ0) is 20.1. The van der Waals surface area contributed by atoms with Gasteiger partial charge in [0.05, 0.1) is 7.11 Å². The predicted molar refractivity (Wildman–Crippen MR) is 109 cm³/mol. The van der Waals surface area contributed by atoms with E-state index in [1.54, 1.807) is 13.2 Å². The second kappa shape index (κ2) is 8.87. The third kappa shape index (κ3) is 4.63. The Bertz CT molecular complexity index is 949. The van der Waals surface area contributed by atoms with E-state index in [4.69, 9.17) is 9.15 Å². The highest BCUT2D eigenvalue weighted by Gasteiger charge is 2.22. The Morgan fingerprint density at radius 2 is 1.83 bits per heavy atom. The van der Waals surface area contributed by atoms with Gasteiger partial charge in [0.15, 0.2) is 0 Å². The van der Waals surface area contributed by atoms with Gasteiger partial charge in [-0.3, -0.25) is 9.69 Å². The summed E-state index contributed by atoms with van der Waals surface area (Å²) in [6.45, 7) is 3.90. The first-order valence-corrected chi connectivity index (χ1v) is 9.76. The molecule has 0 atom stereocenters. The van der Waals surface area contributed by atoms with Crippen LogP contribution in [0.2, 0.25) is 0 Å². The first-order valence-electron chi connectivity index (χ1n) is 9.76. The molecule has 1 aromatic heterocycles. The van der Waals surface area contributed by atoms with E-state index in [9.17, 15) is 4.79 Å². The quantitative estimate of drug-likeness (QED) is 0.642. The van der Waals surface area contributed by atoms with Crippen LogP contribution in [0.25, 0.3) is 11.5 Å². The van der Waals surface area contributed by atoms with E-state index < -0.39 is 0 Å². The molecule has 2 heterocycles. The van der Waals surface area contributed by atoms with E-state index in [0.717, 1.165) is 25.2 Å². The summed E-state index contributed by atoms with van der Waals surface area (Å²) in [5.74, 6) is 1.94. The number of methoxy groups -OCH3 is 1. The van der Waals surface area contributed by atoms with Crippen molar-refractivity contribution in [2.24, 2.45) is 0 Å². The normalized spacial score (nSPS) is 14.7. The highest BCUT2D eigenvalue weighted by atomic mass is 16.5. The van der Waals surface area contributed by atoms with Crippen LogP contribution in [-0.2, 0) is 6.42 Å². The number of ether oxygens (including phenoxy) is 1. The van der Waals surface area contributed by atoms with Crippen molar-refractivity contribution in [1.82, 2.24) is 20.0 Å². The molecule has 1 aliphatic heterocycles. The lowest BCUT2D eigenvalue weighted by molar-refractivity contribution is 0.0636. The lowest BCUT2D eigenvalue weighted by atomic mass is 10.1. The van der Waals surface area contributed by atoms with E-state index in [0.29, 0.717) is 42.6 Å². The fraction of sp³-hybridized carbons (Fsp3) is 0.318. The average molecular weight is 392 g/mol. The monoisotopic (exact) mass is 392 g/mol. The summed E-state index contributed by atoms with van der Waals surface area (Å²) < 4.78 is 11.0. The van der Waals surface area contributed by atoms with Gasteiger partial charge in [0.2, 0.25) is 11.8 Å². The van der Waals surface area contributed by atoms with Crippen molar-refractivity contribution in [3.63, 3.8) is 0 Å². The summed E-state index contributed by atoms with van der Waals surface area (Å²) in [6, 6.07) is 17.1. The van der Waals surface area contributed by atoms with Crippen molar-refractivity contribution in [2.45, 2.75) is 6.42 Å². The van der Waals surface area contributed by atoms with Crippen molar-refractivity contribution >= 4 is 5.91 Å². The summed E-state index contributed by atoms with van der Waals surface area (Å²) in [7, 11) is 1.61. The van der Waals surface area contributed by atoms with Crippen molar-refractivity contribution in [3.8, 4) is 17.2 Å². The highest BCUT2D eigenvalue weighted by molar-refractivity contribution is 5.94. The van der Waals surface area contributed by atoms with Crippen molar-refractivity contribution in [2.75, 3.05) is 39.8 Å². The standard InChI is InChI=1S/C22H24N4O3/c1-28-19-9-5-8-18(16-19)22(27)26-14-12-25(13-15-26)11-10-20-23-24-21(29-20)17-6-3-2-4-7-17/h2-9,16H,10-15H2,1H3. The summed E-state index contributed by atoms with van der Waals surface area (Å²) in [5.41, 5.74) is 1.59. The zero-order valence-electron chi connectivity index (χ0n) is 16.5. The van der Waals surface area contributed by atoms with Crippen LogP contribution in [0, 0.1) is 0 Å². The Labute approximate surface area is 169 Å². The van der Waals surface area contributed by atoms with Crippen LogP contribution in [0.1, 0.15) is 16.2 Å². The molecule has 4 rings (SSSR count). The van der Waals surface area contributed by atoms with Crippen LogP contribution in [-0.4, -0.2) is 65.7 Å². The van der Waals surface area contributed by atoms with E-state index in [1.807, 2.05) is 53.4 Å². The SMILES string of the molecule is COc1cccc(C(=O)N2CCN(CCc3nnc(-c4ccccc4)o3)CC2)c1. The summed E-state index contributed by atoms with van der Waals surface area (Å²) in [4.78, 5) is 16.9. The molecule has 0 spiro atoms. The average Bonchev–Trinajstić information content (AvgIpc) is 3.27. The number of nitrogens with zero attached hydrogens (tertiary/aromatic N) is 4. The number of hydrogen-bond acceptors (Lipinski definition) is 6. The molecule has 1 aliphatic rings. The van der Waals surface area contributed by atoms with Gasteiger partial charge in [0, 0.05) is 50.3 Å². The van der Waals surface area contributed by atoms with Crippen molar-refractivity contribution in [1.29, 1.82) is 0 Å². The molecule has 150 valence electrons. The maximum Gasteiger partial charge on any atom is 0.254 e. The molecule has 0 bridgehead atoms. The number of benzene rings is 2. The second-order valence-corrected chi connectivity index (χ2v) is 6.98. The molecule has 0 radical (unpaired) electrons. The van der Waals surface area contributed by atoms with Gasteiger partial charge >= 0.3 is 0 Å². The number of carbonyl (C=O) groups excluding carboxylic acids is 1. The van der Waals surface area contributed by atoms with E-state index >= 15 is 0 Å². The second-order valence-electron chi connectivity index (χ2n) is 6.98. The number of aromatic nitrogens is 2. The number of hydrogen-bond donors (Lipinski definition) is 0. The molecule has 0 aliphatic carbocycles. The third-order valence-corrected chi connectivity index (χ3v) is 5.11. The smallest absolute Gasteiger partial charge is 0.254 e. The third-order valence-electron chi connectivity index (χ3n) is 5.11. The number of amides is 1. The molecule has 7 heteroatoms. The van der Waals surface area contributed by atoms with E-state index in [-0.39, 0.29) is 5.91 Å². The highest BCUT2D eigenvalue weighted by Crippen LogP contribution is 2.18. The zero-order valence-corrected chi connectivity index (χ0v) is 16.5. The Kier molecular flexibility index (Phi) is 5.86. The summed E-state index contributed by atoms with van der Waals surface area (Å²) in [5, 5.41) is 8.29. The first-order chi connectivity index (χ1) is 14.2.